The Morgan fingerprint density at radius 1 is 0.442 bits per heavy atom. The fourth-order valence-corrected chi connectivity index (χ4v) is 5.98. The highest BCUT2D eigenvalue weighted by Gasteiger charge is 2.02. The first-order valence-electron chi connectivity index (χ1n) is 19.7. The summed E-state index contributed by atoms with van der Waals surface area (Å²) in [5.74, 6) is 0.0121. The van der Waals surface area contributed by atoms with Gasteiger partial charge in [-0.1, -0.05) is 192 Å². The van der Waals surface area contributed by atoms with Crippen molar-refractivity contribution >= 4 is 5.97 Å². The van der Waals surface area contributed by atoms with Crippen LogP contribution in [0.2, 0.25) is 0 Å². The summed E-state index contributed by atoms with van der Waals surface area (Å²) in [6, 6.07) is 0. The third-order valence-electron chi connectivity index (χ3n) is 8.96. The first-order chi connectivity index (χ1) is 21.3. The van der Waals surface area contributed by atoms with E-state index in [4.69, 9.17) is 9.84 Å². The van der Waals surface area contributed by atoms with Crippen molar-refractivity contribution in [3.8, 4) is 0 Å². The molecule has 0 aliphatic rings. The molecule has 1 N–H and O–H groups in total. The van der Waals surface area contributed by atoms with Crippen LogP contribution >= 0.6 is 0 Å². The van der Waals surface area contributed by atoms with Gasteiger partial charge in [0, 0.05) is 13.0 Å². The second-order valence-electron chi connectivity index (χ2n) is 13.3. The third-order valence-corrected chi connectivity index (χ3v) is 8.96. The molecule has 0 saturated heterocycles. The maximum absolute atomic E-state index is 11.9. The number of aliphatic hydroxyl groups excluding tert-OH is 1. The average molecular weight is 607 g/mol. The van der Waals surface area contributed by atoms with Gasteiger partial charge in [-0.2, -0.15) is 0 Å². The molecule has 3 heteroatoms. The monoisotopic (exact) mass is 607 g/mol. The Morgan fingerprint density at radius 3 is 1.16 bits per heavy atom. The Morgan fingerprint density at radius 2 is 0.767 bits per heavy atom. The lowest BCUT2D eigenvalue weighted by Gasteiger charge is -2.06. The second-order valence-corrected chi connectivity index (χ2v) is 13.3. The highest BCUT2D eigenvalue weighted by atomic mass is 16.5. The fourth-order valence-electron chi connectivity index (χ4n) is 5.98. The van der Waals surface area contributed by atoms with Crippen LogP contribution in [0.5, 0.6) is 0 Å². The van der Waals surface area contributed by atoms with Crippen molar-refractivity contribution in [2.24, 2.45) is 0 Å². The van der Waals surface area contributed by atoms with Gasteiger partial charge in [0.25, 0.3) is 0 Å². The molecule has 0 aromatic carbocycles. The van der Waals surface area contributed by atoms with Crippen molar-refractivity contribution in [3.05, 3.63) is 12.2 Å². The van der Waals surface area contributed by atoms with Crippen LogP contribution in [0.15, 0.2) is 12.2 Å². The lowest BCUT2D eigenvalue weighted by Crippen LogP contribution is -2.05. The number of carbonyl (C=O) groups is 1. The highest BCUT2D eigenvalue weighted by Crippen LogP contribution is 2.16. The van der Waals surface area contributed by atoms with Crippen molar-refractivity contribution in [1.29, 1.82) is 0 Å². The molecule has 0 spiro atoms. The number of unbranched alkanes of at least 4 members (excludes halogenated alkanes) is 30. The van der Waals surface area contributed by atoms with Gasteiger partial charge in [-0.05, 0) is 38.5 Å². The summed E-state index contributed by atoms with van der Waals surface area (Å²) in [5.41, 5.74) is 0. The first-order valence-corrected chi connectivity index (χ1v) is 19.7. The zero-order valence-electron chi connectivity index (χ0n) is 29.4. The lowest BCUT2D eigenvalue weighted by molar-refractivity contribution is -0.143. The largest absolute Gasteiger partial charge is 0.466 e. The summed E-state index contributed by atoms with van der Waals surface area (Å²) in [5, 5.41) is 8.79. The van der Waals surface area contributed by atoms with E-state index in [0.29, 0.717) is 19.6 Å². The van der Waals surface area contributed by atoms with Crippen molar-refractivity contribution in [2.45, 2.75) is 225 Å². The Hall–Kier alpha value is -0.830. The number of esters is 1. The first kappa shape index (κ1) is 42.2. The summed E-state index contributed by atoms with van der Waals surface area (Å²) in [7, 11) is 0. The number of allylic oxidation sites excluding steroid dienone is 2. The second kappa shape index (κ2) is 39.2. The molecular formula is C40H78O3. The molecule has 0 aromatic rings. The van der Waals surface area contributed by atoms with E-state index in [9.17, 15) is 4.79 Å². The van der Waals surface area contributed by atoms with Gasteiger partial charge in [0.05, 0.1) is 6.61 Å². The molecule has 0 fully saturated rings. The van der Waals surface area contributed by atoms with Crippen LogP contribution in [0, 0.1) is 0 Å². The molecule has 0 unspecified atom stereocenters. The average Bonchev–Trinajstić information content (AvgIpc) is 3.01. The van der Waals surface area contributed by atoms with E-state index in [1.807, 2.05) is 0 Å². The van der Waals surface area contributed by atoms with Gasteiger partial charge in [-0.25, -0.2) is 0 Å². The van der Waals surface area contributed by atoms with Crippen LogP contribution < -0.4 is 0 Å². The molecular weight excluding hydrogens is 528 g/mol. The van der Waals surface area contributed by atoms with E-state index in [1.54, 1.807) is 0 Å². The Kier molecular flexibility index (Phi) is 38.4. The van der Waals surface area contributed by atoms with E-state index < -0.39 is 0 Å². The predicted octanol–water partition coefficient (Wildman–Crippen LogP) is 13.4. The summed E-state index contributed by atoms with van der Waals surface area (Å²) in [6.45, 7) is 3.23. The molecule has 0 aliphatic carbocycles. The Bertz CT molecular complexity index is 544. The third kappa shape index (κ3) is 39.1. The summed E-state index contributed by atoms with van der Waals surface area (Å²) < 4.78 is 5.43. The molecule has 0 rings (SSSR count). The topological polar surface area (TPSA) is 46.5 Å². The summed E-state index contributed by atoms with van der Waals surface area (Å²) >= 11 is 0. The molecule has 0 atom stereocenters. The molecule has 0 aliphatic heterocycles. The minimum Gasteiger partial charge on any atom is -0.466 e. The van der Waals surface area contributed by atoms with E-state index >= 15 is 0 Å². The number of ether oxygens (including phenoxy) is 1. The molecule has 43 heavy (non-hydrogen) atoms. The van der Waals surface area contributed by atoms with E-state index in [1.165, 1.54) is 186 Å². The van der Waals surface area contributed by atoms with Crippen LogP contribution in [0.1, 0.15) is 225 Å². The number of carbonyl (C=O) groups excluding carboxylic acids is 1. The molecule has 0 radical (unpaired) electrons. The van der Waals surface area contributed by atoms with Gasteiger partial charge in [0.1, 0.15) is 0 Å². The standard InChI is InChI=1S/C40H78O3/c1-2-3-4-5-6-7-22-25-28-31-34-37-40(42)43-39-36-33-30-27-24-21-19-17-15-13-11-9-8-10-12-14-16-18-20-23-26-29-32-35-38-41/h5-6,41H,2-4,7-39H2,1H3/b6-5-. The van der Waals surface area contributed by atoms with Crippen LogP contribution in [0.25, 0.3) is 0 Å². The van der Waals surface area contributed by atoms with Gasteiger partial charge >= 0.3 is 5.97 Å². The van der Waals surface area contributed by atoms with Gasteiger partial charge in [-0.15, -0.1) is 0 Å². The molecule has 256 valence electrons. The summed E-state index contributed by atoms with van der Waals surface area (Å²) in [4.78, 5) is 11.9. The van der Waals surface area contributed by atoms with Crippen molar-refractivity contribution in [3.63, 3.8) is 0 Å². The number of aliphatic hydroxyl groups is 1. The maximum atomic E-state index is 11.9. The Balaban J connectivity index is 3.14. The minimum atomic E-state index is 0.0121. The highest BCUT2D eigenvalue weighted by molar-refractivity contribution is 5.69. The maximum Gasteiger partial charge on any atom is 0.305 e. The molecule has 0 bridgehead atoms. The van der Waals surface area contributed by atoms with E-state index in [0.717, 1.165) is 25.7 Å². The molecule has 0 heterocycles. The normalized spacial score (nSPS) is 11.6. The van der Waals surface area contributed by atoms with Crippen molar-refractivity contribution < 1.29 is 14.6 Å². The Labute approximate surface area is 270 Å². The zero-order valence-corrected chi connectivity index (χ0v) is 29.4. The van der Waals surface area contributed by atoms with Gasteiger partial charge in [0.15, 0.2) is 0 Å². The SMILES string of the molecule is CCCC/C=C\CCCCCCCC(=O)OCCCCCCCCCCCCCCCCCCCCCCCCCCO. The quantitative estimate of drug-likeness (QED) is 0.0434. The number of rotatable bonds is 37. The van der Waals surface area contributed by atoms with Crippen LogP contribution in [0.3, 0.4) is 0 Å². The van der Waals surface area contributed by atoms with Crippen LogP contribution in [-0.2, 0) is 9.53 Å². The van der Waals surface area contributed by atoms with Crippen molar-refractivity contribution in [2.75, 3.05) is 13.2 Å². The fraction of sp³-hybridized carbons (Fsp3) is 0.925. The lowest BCUT2D eigenvalue weighted by atomic mass is 10.0. The number of hydrogen-bond acceptors (Lipinski definition) is 3. The van der Waals surface area contributed by atoms with E-state index in [-0.39, 0.29) is 5.97 Å². The van der Waals surface area contributed by atoms with Crippen LogP contribution in [0.4, 0.5) is 0 Å². The molecule has 0 aromatic heterocycles. The van der Waals surface area contributed by atoms with Gasteiger partial charge < -0.3 is 9.84 Å². The smallest absolute Gasteiger partial charge is 0.305 e. The molecule has 0 amide bonds. The predicted molar refractivity (Wildman–Crippen MR) is 190 cm³/mol. The van der Waals surface area contributed by atoms with Crippen molar-refractivity contribution in [1.82, 2.24) is 0 Å². The van der Waals surface area contributed by atoms with Gasteiger partial charge in [0.2, 0.25) is 0 Å². The summed E-state index contributed by atoms with van der Waals surface area (Å²) in [6.07, 6.45) is 48.8. The minimum absolute atomic E-state index is 0.0121. The zero-order chi connectivity index (χ0) is 31.2. The number of hydrogen-bond donors (Lipinski definition) is 1. The molecule has 3 nitrogen and oxygen atoms in total. The van der Waals surface area contributed by atoms with E-state index in [2.05, 4.69) is 19.1 Å². The molecule has 0 saturated carbocycles. The van der Waals surface area contributed by atoms with Gasteiger partial charge in [-0.3, -0.25) is 4.79 Å². The van der Waals surface area contributed by atoms with Crippen LogP contribution in [-0.4, -0.2) is 24.3 Å².